The molecule has 0 aliphatic rings. The number of rotatable bonds is 6. The minimum absolute atomic E-state index is 0.0275. The Morgan fingerprint density at radius 3 is 2.52 bits per heavy atom. The van der Waals surface area contributed by atoms with E-state index in [0.29, 0.717) is 6.42 Å². The molecule has 0 saturated heterocycles. The fraction of sp³-hybridized carbons (Fsp3) is 0.250. The molecule has 0 bridgehead atoms. The first-order valence-electron chi connectivity index (χ1n) is 7.00. The summed E-state index contributed by atoms with van der Waals surface area (Å²) in [5.41, 5.74) is 0.829. The summed E-state index contributed by atoms with van der Waals surface area (Å²) in [4.78, 5) is 15.9. The van der Waals surface area contributed by atoms with Crippen LogP contribution in [0.5, 0.6) is 0 Å². The molecule has 23 heavy (non-hydrogen) atoms. The number of ether oxygens (including phenoxy) is 1. The fourth-order valence-corrected chi connectivity index (χ4v) is 3.42. The van der Waals surface area contributed by atoms with Gasteiger partial charge in [-0.1, -0.05) is 18.2 Å². The molecular formula is C16H18N2O4S. The van der Waals surface area contributed by atoms with Gasteiger partial charge in [-0.25, -0.2) is 17.5 Å². The van der Waals surface area contributed by atoms with Crippen molar-refractivity contribution in [3.63, 3.8) is 0 Å². The number of hydrogen-bond donors (Lipinski definition) is 0. The summed E-state index contributed by atoms with van der Waals surface area (Å²) in [5.74, 6) is -0.678. The highest BCUT2D eigenvalue weighted by Crippen LogP contribution is 2.20. The Morgan fingerprint density at radius 1 is 1.17 bits per heavy atom. The van der Waals surface area contributed by atoms with Gasteiger partial charge >= 0.3 is 5.97 Å². The zero-order valence-electron chi connectivity index (χ0n) is 13.0. The lowest BCUT2D eigenvalue weighted by molar-refractivity contribution is 0.0596. The topological polar surface area (TPSA) is 76.6 Å². The average Bonchev–Trinajstić information content (AvgIpc) is 2.59. The second kappa shape index (κ2) is 7.34. The molecule has 0 spiro atoms. The lowest BCUT2D eigenvalue weighted by atomic mass is 10.2. The van der Waals surface area contributed by atoms with E-state index in [4.69, 9.17) is 0 Å². The quantitative estimate of drug-likeness (QED) is 0.752. The second-order valence-electron chi connectivity index (χ2n) is 4.89. The summed E-state index contributed by atoms with van der Waals surface area (Å²) in [6.45, 7) is 0.259. The lowest BCUT2D eigenvalue weighted by Crippen LogP contribution is -2.30. The van der Waals surface area contributed by atoms with Crippen molar-refractivity contribution in [3.05, 3.63) is 59.9 Å². The van der Waals surface area contributed by atoms with Gasteiger partial charge in [0, 0.05) is 31.9 Å². The number of likely N-dealkylation sites (N-methyl/N-ethyl adjacent to an activating group) is 1. The van der Waals surface area contributed by atoms with Crippen molar-refractivity contribution in [2.45, 2.75) is 11.3 Å². The molecule has 122 valence electrons. The maximum absolute atomic E-state index is 12.7. The van der Waals surface area contributed by atoms with Crippen molar-refractivity contribution >= 4 is 16.0 Å². The minimum Gasteiger partial charge on any atom is -0.465 e. The van der Waals surface area contributed by atoms with Crippen molar-refractivity contribution in [2.24, 2.45) is 0 Å². The van der Waals surface area contributed by atoms with E-state index in [1.807, 2.05) is 12.1 Å². The predicted molar refractivity (Wildman–Crippen MR) is 85.5 cm³/mol. The molecule has 0 unspecified atom stereocenters. The Morgan fingerprint density at radius 2 is 1.87 bits per heavy atom. The smallest absolute Gasteiger partial charge is 0.339 e. The third kappa shape index (κ3) is 3.94. The number of pyridine rings is 1. The van der Waals surface area contributed by atoms with Crippen LogP contribution in [-0.4, -0.2) is 44.4 Å². The maximum Gasteiger partial charge on any atom is 0.339 e. The third-order valence-corrected chi connectivity index (χ3v) is 5.30. The van der Waals surface area contributed by atoms with Crippen molar-refractivity contribution in [1.29, 1.82) is 0 Å². The summed E-state index contributed by atoms with van der Waals surface area (Å²) < 4.78 is 31.2. The number of carbonyl (C=O) groups is 1. The zero-order valence-corrected chi connectivity index (χ0v) is 13.8. The van der Waals surface area contributed by atoms with E-state index < -0.39 is 16.0 Å². The van der Waals surface area contributed by atoms with E-state index in [0.717, 1.165) is 5.69 Å². The number of aromatic nitrogens is 1. The van der Waals surface area contributed by atoms with E-state index in [9.17, 15) is 13.2 Å². The van der Waals surface area contributed by atoms with Gasteiger partial charge in [0.2, 0.25) is 10.0 Å². The number of hydrogen-bond acceptors (Lipinski definition) is 5. The Kier molecular flexibility index (Phi) is 5.46. The van der Waals surface area contributed by atoms with E-state index >= 15 is 0 Å². The van der Waals surface area contributed by atoms with Gasteiger partial charge in [-0.2, -0.15) is 0 Å². The number of sulfonamides is 1. The SMILES string of the molecule is COC(=O)c1ccccc1S(=O)(=O)N(C)CCc1ccccn1. The van der Waals surface area contributed by atoms with Crippen molar-refractivity contribution < 1.29 is 17.9 Å². The van der Waals surface area contributed by atoms with E-state index in [1.165, 1.54) is 30.6 Å². The zero-order chi connectivity index (χ0) is 16.9. The van der Waals surface area contributed by atoms with Crippen LogP contribution in [0.4, 0.5) is 0 Å². The Bertz CT molecular complexity index is 776. The van der Waals surface area contributed by atoms with Gasteiger partial charge in [0.1, 0.15) is 0 Å². The first-order chi connectivity index (χ1) is 11.0. The summed E-state index contributed by atoms with van der Waals surface area (Å²) in [7, 11) is -1.09. The number of methoxy groups -OCH3 is 1. The third-order valence-electron chi connectivity index (χ3n) is 3.39. The van der Waals surface area contributed by atoms with Crippen LogP contribution in [0, 0.1) is 0 Å². The first kappa shape index (κ1) is 17.1. The van der Waals surface area contributed by atoms with Crippen LogP contribution in [0.15, 0.2) is 53.6 Å². The molecule has 1 aromatic heterocycles. The van der Waals surface area contributed by atoms with Crippen LogP contribution in [0.3, 0.4) is 0 Å². The highest BCUT2D eigenvalue weighted by molar-refractivity contribution is 7.89. The van der Waals surface area contributed by atoms with Gasteiger partial charge < -0.3 is 4.74 Å². The second-order valence-corrected chi connectivity index (χ2v) is 6.90. The molecule has 0 fully saturated rings. The van der Waals surface area contributed by atoms with Gasteiger partial charge in [-0.15, -0.1) is 0 Å². The lowest BCUT2D eigenvalue weighted by Gasteiger charge is -2.18. The summed E-state index contributed by atoms with van der Waals surface area (Å²) >= 11 is 0. The van der Waals surface area contributed by atoms with Crippen LogP contribution in [0.2, 0.25) is 0 Å². The standard InChI is InChI=1S/C16H18N2O4S/c1-18(12-10-13-7-5-6-11-17-13)23(20,21)15-9-4-3-8-14(15)16(19)22-2/h3-9,11H,10,12H2,1-2H3. The molecule has 0 amide bonds. The molecular weight excluding hydrogens is 316 g/mol. The molecule has 0 aliphatic carbocycles. The Hall–Kier alpha value is -2.25. The van der Waals surface area contributed by atoms with Gasteiger partial charge in [0.05, 0.1) is 17.6 Å². The average molecular weight is 334 g/mol. The van der Waals surface area contributed by atoms with Gasteiger partial charge in [-0.3, -0.25) is 4.98 Å². The molecule has 1 aromatic carbocycles. The van der Waals surface area contributed by atoms with Crippen LogP contribution < -0.4 is 0 Å². The van der Waals surface area contributed by atoms with Crippen molar-refractivity contribution in [3.8, 4) is 0 Å². The van der Waals surface area contributed by atoms with Crippen LogP contribution in [0.25, 0.3) is 0 Å². The Labute approximate surface area is 135 Å². The number of esters is 1. The Balaban J connectivity index is 2.23. The van der Waals surface area contributed by atoms with Crippen molar-refractivity contribution in [1.82, 2.24) is 9.29 Å². The summed E-state index contributed by atoms with van der Waals surface area (Å²) in [6, 6.07) is 11.5. The highest BCUT2D eigenvalue weighted by atomic mass is 32.2. The van der Waals surface area contributed by atoms with Crippen molar-refractivity contribution in [2.75, 3.05) is 20.7 Å². The molecule has 7 heteroatoms. The van der Waals surface area contributed by atoms with Gasteiger partial charge in [0.25, 0.3) is 0 Å². The molecule has 2 aromatic rings. The molecule has 0 N–H and O–H groups in total. The minimum atomic E-state index is -3.79. The summed E-state index contributed by atoms with van der Waals surface area (Å²) in [5, 5.41) is 0. The number of nitrogens with zero attached hydrogens (tertiary/aromatic N) is 2. The molecule has 2 rings (SSSR count). The molecule has 0 atom stereocenters. The van der Waals surface area contributed by atoms with Crippen LogP contribution in [0.1, 0.15) is 16.1 Å². The first-order valence-corrected chi connectivity index (χ1v) is 8.44. The highest BCUT2D eigenvalue weighted by Gasteiger charge is 2.26. The van der Waals surface area contributed by atoms with E-state index in [1.54, 1.807) is 24.4 Å². The molecule has 0 aliphatic heterocycles. The molecule has 0 saturated carbocycles. The number of benzene rings is 1. The summed E-state index contributed by atoms with van der Waals surface area (Å²) in [6.07, 6.45) is 2.15. The predicted octanol–water partition coefficient (Wildman–Crippen LogP) is 1.73. The largest absolute Gasteiger partial charge is 0.465 e. The molecule has 1 heterocycles. The maximum atomic E-state index is 12.7. The normalized spacial score (nSPS) is 11.4. The van der Waals surface area contributed by atoms with Gasteiger partial charge in [-0.05, 0) is 24.3 Å². The molecule has 0 radical (unpaired) electrons. The monoisotopic (exact) mass is 334 g/mol. The number of carbonyl (C=O) groups excluding carboxylic acids is 1. The van der Waals surface area contributed by atoms with Crippen LogP contribution >= 0.6 is 0 Å². The van der Waals surface area contributed by atoms with E-state index in [2.05, 4.69) is 9.72 Å². The van der Waals surface area contributed by atoms with Gasteiger partial charge in [0.15, 0.2) is 0 Å². The van der Waals surface area contributed by atoms with E-state index in [-0.39, 0.29) is 17.0 Å². The molecule has 6 nitrogen and oxygen atoms in total. The van der Waals surface area contributed by atoms with Crippen LogP contribution in [-0.2, 0) is 21.2 Å². The fourth-order valence-electron chi connectivity index (χ4n) is 2.08.